The average molecular weight is 317 g/mol. The van der Waals surface area contributed by atoms with Gasteiger partial charge < -0.3 is 5.32 Å². The molecule has 0 saturated heterocycles. The van der Waals surface area contributed by atoms with Gasteiger partial charge in [0.2, 0.25) is 0 Å². The summed E-state index contributed by atoms with van der Waals surface area (Å²) in [7, 11) is 0. The quantitative estimate of drug-likeness (QED) is 0.906. The van der Waals surface area contributed by atoms with Gasteiger partial charge in [-0.3, -0.25) is 4.98 Å². The maximum atomic E-state index is 4.14. The maximum Gasteiger partial charge on any atom is 0.0794 e. The number of rotatable bonds is 5. The second-order valence-corrected chi connectivity index (χ2v) is 6.28. The molecule has 0 fully saturated rings. The van der Waals surface area contributed by atoms with Crippen LogP contribution in [0.15, 0.2) is 27.6 Å². The van der Waals surface area contributed by atoms with E-state index in [0.717, 1.165) is 13.0 Å². The van der Waals surface area contributed by atoms with Gasteiger partial charge in [-0.1, -0.05) is 6.92 Å². The fourth-order valence-electron chi connectivity index (χ4n) is 1.58. The maximum absolute atomic E-state index is 4.14. The Labute approximate surface area is 112 Å². The van der Waals surface area contributed by atoms with Crippen LogP contribution in [-0.4, -0.2) is 11.5 Å². The fraction of sp³-hybridized carbons (Fsp3) is 0.364. The minimum Gasteiger partial charge on any atom is -0.309 e. The highest BCUT2D eigenvalue weighted by Crippen LogP contribution is 2.26. The van der Waals surface area contributed by atoms with Gasteiger partial charge in [0, 0.05) is 38.3 Å². The molecule has 2 heterocycles. The Morgan fingerprint density at radius 2 is 2.38 bits per heavy atom. The van der Waals surface area contributed by atoms with Crippen LogP contribution in [0, 0.1) is 0 Å². The molecule has 0 bridgehead atoms. The van der Waals surface area contributed by atoms with E-state index < -0.39 is 0 Å². The van der Waals surface area contributed by atoms with Crippen LogP contribution in [0.25, 0.3) is 0 Å². The van der Waals surface area contributed by atoms with Crippen molar-refractivity contribution in [3.8, 4) is 0 Å². The third-order valence-electron chi connectivity index (χ3n) is 2.27. The number of hydrogen-bond donors (Lipinski definition) is 1. The third kappa shape index (κ3) is 3.13. The smallest absolute Gasteiger partial charge is 0.0794 e. The highest BCUT2D eigenvalue weighted by atomic mass is 79.9. The standard InChI is InChI=1S/C11H13BrN2S2/c1-2-14-10(11-5-13-7-16-11)4-9-3-8(12)6-15-9/h3,5-7,10,14H,2,4H2,1H3. The minimum absolute atomic E-state index is 0.392. The van der Waals surface area contributed by atoms with Crippen LogP contribution < -0.4 is 5.32 Å². The Kier molecular flexibility index (Phi) is 4.52. The third-order valence-corrected chi connectivity index (χ3v) is 4.88. The molecular weight excluding hydrogens is 304 g/mol. The van der Waals surface area contributed by atoms with Gasteiger partial charge in [-0.15, -0.1) is 22.7 Å². The number of thiophene rings is 1. The van der Waals surface area contributed by atoms with Gasteiger partial charge in [0.05, 0.1) is 5.51 Å². The molecule has 1 N–H and O–H groups in total. The van der Waals surface area contributed by atoms with Gasteiger partial charge in [-0.25, -0.2) is 0 Å². The summed E-state index contributed by atoms with van der Waals surface area (Å²) >= 11 is 7.00. The molecule has 1 atom stereocenters. The summed E-state index contributed by atoms with van der Waals surface area (Å²) in [6, 6.07) is 2.58. The van der Waals surface area contributed by atoms with Gasteiger partial charge in [-0.05, 0) is 28.5 Å². The molecule has 0 aromatic carbocycles. The number of hydrogen-bond acceptors (Lipinski definition) is 4. The highest BCUT2D eigenvalue weighted by Gasteiger charge is 2.13. The van der Waals surface area contributed by atoms with E-state index in [-0.39, 0.29) is 0 Å². The molecule has 2 nitrogen and oxygen atoms in total. The van der Waals surface area contributed by atoms with E-state index >= 15 is 0 Å². The van der Waals surface area contributed by atoms with E-state index in [0.29, 0.717) is 6.04 Å². The Hall–Kier alpha value is -0.230. The van der Waals surface area contributed by atoms with E-state index in [4.69, 9.17) is 0 Å². The van der Waals surface area contributed by atoms with E-state index in [2.05, 4.69) is 44.6 Å². The molecule has 86 valence electrons. The first-order chi connectivity index (χ1) is 7.79. The SMILES string of the molecule is CCNC(Cc1cc(Br)cs1)c1cncs1. The second kappa shape index (κ2) is 5.91. The van der Waals surface area contributed by atoms with Crippen molar-refractivity contribution in [2.45, 2.75) is 19.4 Å². The lowest BCUT2D eigenvalue weighted by molar-refractivity contribution is 0.561. The molecule has 2 aromatic heterocycles. The summed E-state index contributed by atoms with van der Waals surface area (Å²) in [4.78, 5) is 6.85. The van der Waals surface area contributed by atoms with Gasteiger partial charge >= 0.3 is 0 Å². The monoisotopic (exact) mass is 316 g/mol. The number of nitrogens with zero attached hydrogens (tertiary/aromatic N) is 1. The molecule has 0 aliphatic rings. The summed E-state index contributed by atoms with van der Waals surface area (Å²) in [5.74, 6) is 0. The van der Waals surface area contributed by atoms with Crippen LogP contribution in [0.3, 0.4) is 0 Å². The first kappa shape index (κ1) is 12.2. The predicted octanol–water partition coefficient (Wildman–Crippen LogP) is 3.86. The van der Waals surface area contributed by atoms with E-state index in [9.17, 15) is 0 Å². The van der Waals surface area contributed by atoms with E-state index in [1.807, 2.05) is 11.7 Å². The minimum atomic E-state index is 0.392. The van der Waals surface area contributed by atoms with Crippen molar-refractivity contribution in [3.63, 3.8) is 0 Å². The number of likely N-dealkylation sites (N-methyl/N-ethyl adjacent to an activating group) is 1. The topological polar surface area (TPSA) is 24.9 Å². The summed E-state index contributed by atoms with van der Waals surface area (Å²) in [6.45, 7) is 3.12. The fourth-order valence-corrected chi connectivity index (χ4v) is 3.77. The highest BCUT2D eigenvalue weighted by molar-refractivity contribution is 9.10. The molecule has 1 unspecified atom stereocenters. The van der Waals surface area contributed by atoms with Crippen LogP contribution >= 0.6 is 38.6 Å². The Bertz CT molecular complexity index is 425. The van der Waals surface area contributed by atoms with Crippen molar-refractivity contribution < 1.29 is 0 Å². The van der Waals surface area contributed by atoms with Crippen molar-refractivity contribution in [3.05, 3.63) is 37.4 Å². The van der Waals surface area contributed by atoms with Gasteiger partial charge in [0.1, 0.15) is 0 Å². The number of halogens is 1. The van der Waals surface area contributed by atoms with Crippen LogP contribution in [0.5, 0.6) is 0 Å². The molecule has 0 saturated carbocycles. The zero-order chi connectivity index (χ0) is 11.4. The summed E-state index contributed by atoms with van der Waals surface area (Å²) in [5.41, 5.74) is 1.89. The Balaban J connectivity index is 2.09. The molecule has 0 aliphatic heterocycles. The Morgan fingerprint density at radius 1 is 1.50 bits per heavy atom. The first-order valence-electron chi connectivity index (χ1n) is 5.14. The summed E-state index contributed by atoms with van der Waals surface area (Å²) < 4.78 is 1.17. The summed E-state index contributed by atoms with van der Waals surface area (Å²) in [6.07, 6.45) is 2.99. The van der Waals surface area contributed by atoms with Crippen molar-refractivity contribution in [2.75, 3.05) is 6.54 Å². The molecule has 0 spiro atoms. The van der Waals surface area contributed by atoms with Crippen molar-refractivity contribution in [1.29, 1.82) is 0 Å². The zero-order valence-electron chi connectivity index (χ0n) is 8.94. The van der Waals surface area contributed by atoms with E-state index in [1.165, 1.54) is 14.2 Å². The van der Waals surface area contributed by atoms with Gasteiger partial charge in [-0.2, -0.15) is 0 Å². The van der Waals surface area contributed by atoms with Crippen molar-refractivity contribution >= 4 is 38.6 Å². The summed E-state index contributed by atoms with van der Waals surface area (Å²) in [5, 5.41) is 5.63. The van der Waals surface area contributed by atoms with Crippen molar-refractivity contribution in [1.82, 2.24) is 10.3 Å². The van der Waals surface area contributed by atoms with Crippen LogP contribution in [-0.2, 0) is 6.42 Å². The molecule has 2 rings (SSSR count). The lowest BCUT2D eigenvalue weighted by Crippen LogP contribution is -2.21. The van der Waals surface area contributed by atoms with E-state index in [1.54, 1.807) is 22.7 Å². The van der Waals surface area contributed by atoms with Crippen LogP contribution in [0.2, 0.25) is 0 Å². The zero-order valence-corrected chi connectivity index (χ0v) is 12.2. The average Bonchev–Trinajstić information content (AvgIpc) is 2.88. The lowest BCUT2D eigenvalue weighted by atomic mass is 10.1. The molecule has 16 heavy (non-hydrogen) atoms. The Morgan fingerprint density at radius 3 is 2.94 bits per heavy atom. The normalized spacial score (nSPS) is 12.9. The first-order valence-corrected chi connectivity index (χ1v) is 7.69. The predicted molar refractivity (Wildman–Crippen MR) is 74.3 cm³/mol. The van der Waals surface area contributed by atoms with Gasteiger partial charge in [0.25, 0.3) is 0 Å². The molecule has 2 aromatic rings. The largest absolute Gasteiger partial charge is 0.309 e. The number of thiazole rings is 1. The van der Waals surface area contributed by atoms with Crippen molar-refractivity contribution in [2.24, 2.45) is 0 Å². The van der Waals surface area contributed by atoms with Gasteiger partial charge in [0.15, 0.2) is 0 Å². The number of nitrogens with one attached hydrogen (secondary N) is 1. The van der Waals surface area contributed by atoms with Crippen LogP contribution in [0.1, 0.15) is 22.7 Å². The number of aromatic nitrogens is 1. The molecule has 0 amide bonds. The molecule has 0 radical (unpaired) electrons. The molecule has 5 heteroatoms. The second-order valence-electron chi connectivity index (χ2n) is 3.45. The van der Waals surface area contributed by atoms with Crippen LogP contribution in [0.4, 0.5) is 0 Å². The lowest BCUT2D eigenvalue weighted by Gasteiger charge is -2.14. The molecular formula is C11H13BrN2S2. The molecule has 0 aliphatic carbocycles.